The molecule has 2 unspecified atom stereocenters. The fourth-order valence-electron chi connectivity index (χ4n) is 2.26. The van der Waals surface area contributed by atoms with Crippen molar-refractivity contribution < 1.29 is 13.5 Å². The molecule has 0 saturated carbocycles. The molecular formula is C14H19F2NOS. The molecule has 0 amide bonds. The van der Waals surface area contributed by atoms with Gasteiger partial charge >= 0.3 is 0 Å². The Morgan fingerprint density at radius 1 is 1.37 bits per heavy atom. The highest BCUT2D eigenvalue weighted by molar-refractivity contribution is 7.99. The Morgan fingerprint density at radius 3 is 2.74 bits per heavy atom. The van der Waals surface area contributed by atoms with E-state index in [2.05, 4.69) is 12.2 Å². The first kappa shape index (κ1) is 14.6. The number of halogens is 2. The molecule has 2 atom stereocenters. The van der Waals surface area contributed by atoms with Gasteiger partial charge in [-0.15, -0.1) is 0 Å². The van der Waals surface area contributed by atoms with Gasteiger partial charge in [0.2, 0.25) is 0 Å². The van der Waals surface area contributed by atoms with Crippen LogP contribution in [0.2, 0.25) is 0 Å². The number of hydrogen-bond donors (Lipinski definition) is 1. The molecule has 1 saturated heterocycles. The van der Waals surface area contributed by atoms with E-state index in [0.717, 1.165) is 31.6 Å². The van der Waals surface area contributed by atoms with E-state index in [1.165, 1.54) is 0 Å². The summed E-state index contributed by atoms with van der Waals surface area (Å²) in [5.41, 5.74) is 0.986. The largest absolute Gasteiger partial charge is 0.382 e. The minimum absolute atomic E-state index is 0.333. The fourth-order valence-corrected chi connectivity index (χ4v) is 2.76. The Labute approximate surface area is 116 Å². The van der Waals surface area contributed by atoms with Gasteiger partial charge in [-0.2, -0.15) is 8.78 Å². The van der Waals surface area contributed by atoms with E-state index in [0.29, 0.717) is 28.8 Å². The molecule has 1 fully saturated rings. The van der Waals surface area contributed by atoms with Crippen LogP contribution in [0.5, 0.6) is 0 Å². The lowest BCUT2D eigenvalue weighted by molar-refractivity contribution is 0.00925. The molecule has 106 valence electrons. The summed E-state index contributed by atoms with van der Waals surface area (Å²) in [4.78, 5) is 0.596. The van der Waals surface area contributed by atoms with Crippen LogP contribution < -0.4 is 5.32 Å². The predicted molar refractivity (Wildman–Crippen MR) is 75.0 cm³/mol. The number of hydrogen-bond acceptors (Lipinski definition) is 3. The van der Waals surface area contributed by atoms with Crippen LogP contribution >= 0.6 is 11.8 Å². The van der Waals surface area contributed by atoms with Crippen LogP contribution in [-0.4, -0.2) is 24.5 Å². The van der Waals surface area contributed by atoms with Gasteiger partial charge in [-0.3, -0.25) is 0 Å². The lowest BCUT2D eigenvalue weighted by atomic mass is 10.0. The monoisotopic (exact) mass is 287 g/mol. The van der Waals surface area contributed by atoms with Gasteiger partial charge in [-0.25, -0.2) is 0 Å². The highest BCUT2D eigenvalue weighted by Crippen LogP contribution is 2.27. The van der Waals surface area contributed by atoms with Gasteiger partial charge in [0.15, 0.2) is 0 Å². The predicted octanol–water partition coefficient (Wildman–Crippen LogP) is 4.37. The first-order chi connectivity index (χ1) is 9.17. The lowest BCUT2D eigenvalue weighted by Crippen LogP contribution is -2.33. The van der Waals surface area contributed by atoms with Crippen molar-refractivity contribution in [3.05, 3.63) is 24.3 Å². The number of ether oxygens (including phenoxy) is 1. The molecule has 0 aliphatic carbocycles. The number of anilines is 1. The summed E-state index contributed by atoms with van der Waals surface area (Å²) in [5.74, 6) is -2.36. The second-order valence-electron chi connectivity index (χ2n) is 4.67. The quantitative estimate of drug-likeness (QED) is 0.812. The summed E-state index contributed by atoms with van der Waals surface area (Å²) >= 11 is 0.576. The first-order valence-electron chi connectivity index (χ1n) is 6.60. The molecule has 2 rings (SSSR count). The molecular weight excluding hydrogens is 268 g/mol. The van der Waals surface area contributed by atoms with E-state index in [1.54, 1.807) is 12.1 Å². The van der Waals surface area contributed by atoms with E-state index in [4.69, 9.17) is 4.74 Å². The van der Waals surface area contributed by atoms with Crippen molar-refractivity contribution in [3.63, 3.8) is 0 Å². The number of benzene rings is 1. The molecule has 1 aromatic rings. The molecule has 0 aromatic heterocycles. The lowest BCUT2D eigenvalue weighted by Gasteiger charge is -2.30. The molecule has 1 N–H and O–H groups in total. The number of alkyl halides is 2. The van der Waals surface area contributed by atoms with Crippen LogP contribution in [0.15, 0.2) is 29.2 Å². The average molecular weight is 287 g/mol. The van der Waals surface area contributed by atoms with Crippen molar-refractivity contribution in [1.29, 1.82) is 0 Å². The van der Waals surface area contributed by atoms with Crippen LogP contribution in [0.4, 0.5) is 14.5 Å². The second kappa shape index (κ2) is 7.10. The van der Waals surface area contributed by atoms with Crippen molar-refractivity contribution in [1.82, 2.24) is 0 Å². The summed E-state index contributed by atoms with van der Waals surface area (Å²) in [6.07, 6.45) is 3.36. The summed E-state index contributed by atoms with van der Waals surface area (Å²) in [5, 5.41) is 3.45. The van der Waals surface area contributed by atoms with Gasteiger partial charge in [0.05, 0.1) is 6.10 Å². The van der Waals surface area contributed by atoms with Gasteiger partial charge in [0.25, 0.3) is 5.76 Å². The summed E-state index contributed by atoms with van der Waals surface area (Å²) in [6.45, 7) is 2.92. The maximum atomic E-state index is 12.2. The van der Waals surface area contributed by atoms with Crippen LogP contribution in [0.25, 0.3) is 0 Å². The Hall–Kier alpha value is -0.810. The number of rotatable bonds is 5. The Kier molecular flexibility index (Phi) is 5.45. The molecule has 2 nitrogen and oxygen atoms in total. The van der Waals surface area contributed by atoms with Gasteiger partial charge in [-0.1, -0.05) is 18.7 Å². The van der Waals surface area contributed by atoms with E-state index < -0.39 is 5.76 Å². The molecule has 1 aliphatic rings. The molecule has 19 heavy (non-hydrogen) atoms. The highest BCUT2D eigenvalue weighted by Gasteiger charge is 2.20. The molecule has 1 heterocycles. The van der Waals surface area contributed by atoms with E-state index in [1.807, 2.05) is 12.1 Å². The molecule has 0 radical (unpaired) electrons. The van der Waals surface area contributed by atoms with Gasteiger partial charge in [0.1, 0.15) is 0 Å². The van der Waals surface area contributed by atoms with Crippen molar-refractivity contribution in [2.24, 2.45) is 0 Å². The minimum atomic E-state index is -2.36. The van der Waals surface area contributed by atoms with E-state index >= 15 is 0 Å². The van der Waals surface area contributed by atoms with Crippen LogP contribution in [-0.2, 0) is 4.74 Å². The standard InChI is InChI=1S/C14H19F2NOS/c1-2-12-9-11(7-8-18-12)17-10-3-5-13(6-4-10)19-14(15)16/h3-6,11-12,14,17H,2,7-9H2,1H3. The highest BCUT2D eigenvalue weighted by atomic mass is 32.2. The second-order valence-corrected chi connectivity index (χ2v) is 5.73. The third-order valence-corrected chi connectivity index (χ3v) is 4.00. The van der Waals surface area contributed by atoms with Crippen molar-refractivity contribution in [2.75, 3.05) is 11.9 Å². The maximum absolute atomic E-state index is 12.2. The zero-order valence-electron chi connectivity index (χ0n) is 10.9. The molecule has 1 aliphatic heterocycles. The van der Waals surface area contributed by atoms with E-state index in [9.17, 15) is 8.78 Å². The van der Waals surface area contributed by atoms with Crippen molar-refractivity contribution in [3.8, 4) is 0 Å². The zero-order chi connectivity index (χ0) is 13.7. The maximum Gasteiger partial charge on any atom is 0.288 e. The fraction of sp³-hybridized carbons (Fsp3) is 0.571. The summed E-state index contributed by atoms with van der Waals surface area (Å²) in [7, 11) is 0. The normalized spacial score (nSPS) is 23.6. The third-order valence-electron chi connectivity index (χ3n) is 3.27. The Morgan fingerprint density at radius 2 is 2.11 bits per heavy atom. The molecule has 5 heteroatoms. The van der Waals surface area contributed by atoms with Gasteiger partial charge < -0.3 is 10.1 Å². The van der Waals surface area contributed by atoms with Crippen LogP contribution in [0.1, 0.15) is 26.2 Å². The Bertz CT molecular complexity index is 386. The first-order valence-corrected chi connectivity index (χ1v) is 7.48. The zero-order valence-corrected chi connectivity index (χ0v) is 11.8. The number of nitrogens with one attached hydrogen (secondary N) is 1. The molecule has 1 aromatic carbocycles. The summed E-state index contributed by atoms with van der Waals surface area (Å²) in [6, 6.07) is 7.60. The van der Waals surface area contributed by atoms with Crippen molar-refractivity contribution >= 4 is 17.4 Å². The topological polar surface area (TPSA) is 21.3 Å². The van der Waals surface area contributed by atoms with Crippen LogP contribution in [0.3, 0.4) is 0 Å². The third kappa shape index (κ3) is 4.66. The average Bonchev–Trinajstić information content (AvgIpc) is 2.41. The molecule has 0 bridgehead atoms. The summed E-state index contributed by atoms with van der Waals surface area (Å²) < 4.78 is 30.0. The van der Waals surface area contributed by atoms with Crippen LogP contribution in [0, 0.1) is 0 Å². The van der Waals surface area contributed by atoms with Crippen molar-refractivity contribution in [2.45, 2.75) is 49.0 Å². The SMILES string of the molecule is CCC1CC(Nc2ccc(SC(F)F)cc2)CCO1. The molecule has 0 spiro atoms. The minimum Gasteiger partial charge on any atom is -0.382 e. The van der Waals surface area contributed by atoms with E-state index in [-0.39, 0.29) is 0 Å². The Balaban J connectivity index is 1.88. The van der Waals surface area contributed by atoms with Gasteiger partial charge in [0, 0.05) is 23.2 Å². The smallest absolute Gasteiger partial charge is 0.288 e. The number of thioether (sulfide) groups is 1. The van der Waals surface area contributed by atoms with Gasteiger partial charge in [-0.05, 0) is 43.5 Å².